The number of benzene rings is 1. The summed E-state index contributed by atoms with van der Waals surface area (Å²) in [5.74, 6) is 0.239. The fourth-order valence-corrected chi connectivity index (χ4v) is 3.05. The lowest BCUT2D eigenvalue weighted by atomic mass is 9.90. The molecule has 1 aromatic rings. The highest BCUT2D eigenvalue weighted by Crippen LogP contribution is 2.23. The van der Waals surface area contributed by atoms with Crippen LogP contribution in [0.15, 0.2) is 30.3 Å². The largest absolute Gasteiger partial charge is 0.342 e. The molecule has 1 N–H and O–H groups in total. The Morgan fingerprint density at radius 2 is 1.85 bits per heavy atom. The average molecular weight is 274 g/mol. The van der Waals surface area contributed by atoms with E-state index >= 15 is 0 Å². The van der Waals surface area contributed by atoms with Gasteiger partial charge in [0.1, 0.15) is 0 Å². The minimum atomic E-state index is 0.239. The van der Waals surface area contributed by atoms with Crippen LogP contribution in [0.2, 0.25) is 0 Å². The maximum Gasteiger partial charge on any atom is 0.226 e. The van der Waals surface area contributed by atoms with E-state index in [4.69, 9.17) is 0 Å². The third kappa shape index (κ3) is 4.07. The first-order valence-electron chi connectivity index (χ1n) is 7.73. The van der Waals surface area contributed by atoms with Gasteiger partial charge in [0.2, 0.25) is 5.91 Å². The first-order valence-corrected chi connectivity index (χ1v) is 7.73. The lowest BCUT2D eigenvalue weighted by molar-refractivity contribution is -0.131. The van der Waals surface area contributed by atoms with Crippen molar-refractivity contribution in [3.63, 3.8) is 0 Å². The van der Waals surface area contributed by atoms with Crippen LogP contribution in [0.5, 0.6) is 0 Å². The summed E-state index contributed by atoms with van der Waals surface area (Å²) in [6.45, 7) is 3.19. The molecule has 0 aromatic heterocycles. The van der Waals surface area contributed by atoms with Crippen LogP contribution in [0, 0.1) is 0 Å². The minimum Gasteiger partial charge on any atom is -0.342 e. The molecule has 3 heteroatoms. The molecular formula is C17H26N2O. The Labute approximate surface area is 122 Å². The second-order valence-electron chi connectivity index (χ2n) is 5.73. The molecule has 0 spiro atoms. The number of rotatable bonds is 5. The lowest BCUT2D eigenvalue weighted by Gasteiger charge is -2.35. The summed E-state index contributed by atoms with van der Waals surface area (Å²) in [4.78, 5) is 14.3. The van der Waals surface area contributed by atoms with E-state index in [1.165, 1.54) is 12.8 Å². The number of nitrogens with one attached hydrogen (secondary N) is 1. The molecule has 0 unspecified atom stereocenters. The number of carbonyl (C=O) groups is 1. The normalized spacial score (nSPS) is 22.5. The van der Waals surface area contributed by atoms with E-state index < -0.39 is 0 Å². The predicted molar refractivity (Wildman–Crippen MR) is 82.6 cm³/mol. The van der Waals surface area contributed by atoms with Crippen LogP contribution in [0.1, 0.15) is 38.2 Å². The Hall–Kier alpha value is -1.35. The SMILES string of the molecule is CCNC1CCC(N(C)C(=O)Cc2ccccc2)CC1. The maximum absolute atomic E-state index is 12.3. The molecule has 2 rings (SSSR count). The number of hydrogen-bond acceptors (Lipinski definition) is 2. The van der Waals surface area contributed by atoms with Crippen molar-refractivity contribution < 1.29 is 4.79 Å². The highest BCUT2D eigenvalue weighted by molar-refractivity contribution is 5.78. The van der Waals surface area contributed by atoms with Gasteiger partial charge in [-0.15, -0.1) is 0 Å². The third-order valence-electron chi connectivity index (χ3n) is 4.33. The van der Waals surface area contributed by atoms with Crippen molar-refractivity contribution in [1.29, 1.82) is 0 Å². The van der Waals surface area contributed by atoms with Gasteiger partial charge in [-0.05, 0) is 37.8 Å². The first kappa shape index (κ1) is 15.0. The van der Waals surface area contributed by atoms with E-state index in [0.717, 1.165) is 24.9 Å². The quantitative estimate of drug-likeness (QED) is 0.895. The molecule has 1 fully saturated rings. The van der Waals surface area contributed by atoms with Crippen LogP contribution in [-0.4, -0.2) is 36.5 Å². The fourth-order valence-electron chi connectivity index (χ4n) is 3.05. The molecule has 1 aliphatic rings. The van der Waals surface area contributed by atoms with E-state index in [2.05, 4.69) is 12.2 Å². The first-order chi connectivity index (χ1) is 9.70. The van der Waals surface area contributed by atoms with Crippen LogP contribution < -0.4 is 5.32 Å². The van der Waals surface area contributed by atoms with Gasteiger partial charge >= 0.3 is 0 Å². The molecule has 1 aliphatic carbocycles. The molecule has 0 bridgehead atoms. The van der Waals surface area contributed by atoms with Gasteiger partial charge in [0.25, 0.3) is 0 Å². The maximum atomic E-state index is 12.3. The fraction of sp³-hybridized carbons (Fsp3) is 0.588. The van der Waals surface area contributed by atoms with Crippen LogP contribution in [-0.2, 0) is 11.2 Å². The lowest BCUT2D eigenvalue weighted by Crippen LogP contribution is -2.43. The van der Waals surface area contributed by atoms with Crippen LogP contribution >= 0.6 is 0 Å². The van der Waals surface area contributed by atoms with Gasteiger partial charge in [-0.1, -0.05) is 37.3 Å². The van der Waals surface area contributed by atoms with E-state index in [0.29, 0.717) is 18.5 Å². The van der Waals surface area contributed by atoms with Crippen molar-refractivity contribution >= 4 is 5.91 Å². The van der Waals surface area contributed by atoms with Gasteiger partial charge in [-0.3, -0.25) is 4.79 Å². The molecule has 0 atom stereocenters. The van der Waals surface area contributed by atoms with E-state index in [1.807, 2.05) is 42.3 Å². The molecule has 110 valence electrons. The molecule has 1 aromatic carbocycles. The third-order valence-corrected chi connectivity index (χ3v) is 4.33. The van der Waals surface area contributed by atoms with Gasteiger partial charge in [0, 0.05) is 19.1 Å². The summed E-state index contributed by atoms with van der Waals surface area (Å²) in [6.07, 6.45) is 5.12. The zero-order chi connectivity index (χ0) is 14.4. The standard InChI is InChI=1S/C17H26N2O/c1-3-18-15-9-11-16(12-10-15)19(2)17(20)13-14-7-5-4-6-8-14/h4-8,15-16,18H,3,9-13H2,1-2H3. The molecule has 20 heavy (non-hydrogen) atoms. The van der Waals surface area contributed by atoms with Gasteiger partial charge in [-0.25, -0.2) is 0 Å². The Bertz CT molecular complexity index is 410. The van der Waals surface area contributed by atoms with Crippen molar-refractivity contribution in [2.45, 2.75) is 51.1 Å². The second-order valence-corrected chi connectivity index (χ2v) is 5.73. The van der Waals surface area contributed by atoms with Crippen LogP contribution in [0.3, 0.4) is 0 Å². The zero-order valence-corrected chi connectivity index (χ0v) is 12.6. The summed E-state index contributed by atoms with van der Waals surface area (Å²) in [5, 5.41) is 3.51. The highest BCUT2D eigenvalue weighted by atomic mass is 16.2. The molecular weight excluding hydrogens is 248 g/mol. The number of carbonyl (C=O) groups excluding carboxylic acids is 1. The molecule has 1 amide bonds. The van der Waals surface area contributed by atoms with Crippen molar-refractivity contribution in [3.05, 3.63) is 35.9 Å². The Kier molecular flexibility index (Phi) is 5.60. The second kappa shape index (κ2) is 7.44. The molecule has 0 saturated heterocycles. The molecule has 0 radical (unpaired) electrons. The summed E-state index contributed by atoms with van der Waals surface area (Å²) < 4.78 is 0. The van der Waals surface area contributed by atoms with Crippen molar-refractivity contribution in [2.75, 3.05) is 13.6 Å². The van der Waals surface area contributed by atoms with Crippen LogP contribution in [0.25, 0.3) is 0 Å². The summed E-state index contributed by atoms with van der Waals surface area (Å²) in [6, 6.07) is 11.1. The Morgan fingerprint density at radius 3 is 2.45 bits per heavy atom. The average Bonchev–Trinajstić information content (AvgIpc) is 2.48. The molecule has 0 heterocycles. The smallest absolute Gasteiger partial charge is 0.226 e. The number of amides is 1. The number of hydrogen-bond donors (Lipinski definition) is 1. The zero-order valence-electron chi connectivity index (χ0n) is 12.6. The van der Waals surface area contributed by atoms with Gasteiger partial charge in [-0.2, -0.15) is 0 Å². The highest BCUT2D eigenvalue weighted by Gasteiger charge is 2.25. The van der Waals surface area contributed by atoms with E-state index in [9.17, 15) is 4.79 Å². The van der Waals surface area contributed by atoms with Crippen molar-refractivity contribution in [2.24, 2.45) is 0 Å². The number of nitrogens with zero attached hydrogens (tertiary/aromatic N) is 1. The van der Waals surface area contributed by atoms with Gasteiger partial charge in [0.05, 0.1) is 6.42 Å². The molecule has 0 aliphatic heterocycles. The summed E-state index contributed by atoms with van der Waals surface area (Å²) in [7, 11) is 1.96. The minimum absolute atomic E-state index is 0.239. The Balaban J connectivity index is 1.82. The van der Waals surface area contributed by atoms with Gasteiger partial charge in [0.15, 0.2) is 0 Å². The topological polar surface area (TPSA) is 32.3 Å². The molecule has 3 nitrogen and oxygen atoms in total. The van der Waals surface area contributed by atoms with Gasteiger partial charge < -0.3 is 10.2 Å². The predicted octanol–water partition coefficient (Wildman–Crippen LogP) is 2.61. The summed E-state index contributed by atoms with van der Waals surface area (Å²) in [5.41, 5.74) is 1.10. The Morgan fingerprint density at radius 1 is 1.20 bits per heavy atom. The van der Waals surface area contributed by atoms with Crippen molar-refractivity contribution in [3.8, 4) is 0 Å². The van der Waals surface area contributed by atoms with E-state index in [-0.39, 0.29) is 5.91 Å². The number of likely N-dealkylation sites (N-methyl/N-ethyl adjacent to an activating group) is 1. The summed E-state index contributed by atoms with van der Waals surface area (Å²) >= 11 is 0. The van der Waals surface area contributed by atoms with Crippen LogP contribution in [0.4, 0.5) is 0 Å². The monoisotopic (exact) mass is 274 g/mol. The van der Waals surface area contributed by atoms with Crippen molar-refractivity contribution in [1.82, 2.24) is 10.2 Å². The molecule has 1 saturated carbocycles. The van der Waals surface area contributed by atoms with E-state index in [1.54, 1.807) is 0 Å².